The van der Waals surface area contributed by atoms with E-state index in [9.17, 15) is 4.79 Å². The van der Waals surface area contributed by atoms with Crippen LogP contribution in [0, 0.1) is 17.3 Å². The molecular weight excluding hydrogens is 136 g/mol. The molecule has 0 amide bonds. The average Bonchev–Trinajstić information content (AvgIpc) is 1.83. The van der Waals surface area contributed by atoms with Gasteiger partial charge in [-0.3, -0.25) is 4.79 Å². The SMILES string of the molecule is CC1CC(C)(C)[C@H](C)CC1=O. The van der Waals surface area contributed by atoms with Gasteiger partial charge in [0, 0.05) is 12.3 Å². The van der Waals surface area contributed by atoms with Crippen molar-refractivity contribution in [3.05, 3.63) is 0 Å². The van der Waals surface area contributed by atoms with Gasteiger partial charge >= 0.3 is 0 Å². The summed E-state index contributed by atoms with van der Waals surface area (Å²) in [6.45, 7) is 8.76. The maximum atomic E-state index is 11.3. The summed E-state index contributed by atoms with van der Waals surface area (Å²) < 4.78 is 0. The molecule has 0 radical (unpaired) electrons. The van der Waals surface area contributed by atoms with Crippen LogP contribution in [0.1, 0.15) is 40.5 Å². The molecule has 0 aliphatic heterocycles. The van der Waals surface area contributed by atoms with Crippen molar-refractivity contribution < 1.29 is 4.79 Å². The van der Waals surface area contributed by atoms with Crippen LogP contribution in [0.2, 0.25) is 0 Å². The van der Waals surface area contributed by atoms with E-state index in [0.29, 0.717) is 23.0 Å². The minimum atomic E-state index is 0.293. The lowest BCUT2D eigenvalue weighted by Gasteiger charge is -2.38. The summed E-state index contributed by atoms with van der Waals surface area (Å²) in [6.07, 6.45) is 1.85. The molecule has 11 heavy (non-hydrogen) atoms. The molecule has 1 saturated carbocycles. The molecule has 0 saturated heterocycles. The molecule has 0 bridgehead atoms. The van der Waals surface area contributed by atoms with Gasteiger partial charge < -0.3 is 0 Å². The number of carbonyl (C=O) groups excluding carboxylic acids is 1. The molecule has 0 spiro atoms. The van der Waals surface area contributed by atoms with E-state index >= 15 is 0 Å². The van der Waals surface area contributed by atoms with Crippen molar-refractivity contribution in [3.63, 3.8) is 0 Å². The lowest BCUT2D eigenvalue weighted by atomic mass is 9.66. The predicted octanol–water partition coefficient (Wildman–Crippen LogP) is 2.65. The Labute approximate surface area is 69.2 Å². The molecule has 1 nitrogen and oxygen atoms in total. The minimum Gasteiger partial charge on any atom is -0.299 e. The fourth-order valence-corrected chi connectivity index (χ4v) is 1.88. The fourth-order valence-electron chi connectivity index (χ4n) is 1.88. The molecule has 1 unspecified atom stereocenters. The highest BCUT2D eigenvalue weighted by molar-refractivity contribution is 5.81. The van der Waals surface area contributed by atoms with Gasteiger partial charge in [0.15, 0.2) is 0 Å². The molecular formula is C10H18O. The maximum Gasteiger partial charge on any atom is 0.136 e. The summed E-state index contributed by atoms with van der Waals surface area (Å²) in [5.41, 5.74) is 0.368. The summed E-state index contributed by atoms with van der Waals surface area (Å²) in [4.78, 5) is 11.3. The van der Waals surface area contributed by atoms with E-state index in [1.165, 1.54) is 0 Å². The number of carbonyl (C=O) groups is 1. The monoisotopic (exact) mass is 154 g/mol. The number of hydrogen-bond acceptors (Lipinski definition) is 1. The topological polar surface area (TPSA) is 17.1 Å². The molecule has 1 aliphatic rings. The molecule has 64 valence electrons. The van der Waals surface area contributed by atoms with Crippen molar-refractivity contribution in [1.29, 1.82) is 0 Å². The van der Waals surface area contributed by atoms with Crippen LogP contribution in [-0.4, -0.2) is 5.78 Å². The smallest absolute Gasteiger partial charge is 0.136 e. The highest BCUT2D eigenvalue weighted by atomic mass is 16.1. The van der Waals surface area contributed by atoms with Gasteiger partial charge in [0.25, 0.3) is 0 Å². The number of ketones is 1. The second-order valence-electron chi connectivity index (χ2n) is 4.67. The first kappa shape index (κ1) is 8.76. The van der Waals surface area contributed by atoms with Crippen LogP contribution >= 0.6 is 0 Å². The Kier molecular flexibility index (Phi) is 2.08. The van der Waals surface area contributed by atoms with E-state index < -0.39 is 0 Å². The standard InChI is InChI=1S/C10H18O/c1-7-6-10(3,4)8(2)5-9(7)11/h7-8H,5-6H2,1-4H3/t7?,8-/m1/s1. The summed E-state index contributed by atoms with van der Waals surface area (Å²) in [7, 11) is 0. The van der Waals surface area contributed by atoms with Gasteiger partial charge in [0.1, 0.15) is 5.78 Å². The maximum absolute atomic E-state index is 11.3. The van der Waals surface area contributed by atoms with E-state index in [4.69, 9.17) is 0 Å². The first-order valence-electron chi connectivity index (χ1n) is 4.46. The summed E-state index contributed by atoms with van der Waals surface area (Å²) in [6, 6.07) is 0. The van der Waals surface area contributed by atoms with Crippen molar-refractivity contribution in [2.24, 2.45) is 17.3 Å². The van der Waals surface area contributed by atoms with Crippen molar-refractivity contribution in [2.75, 3.05) is 0 Å². The molecule has 1 heteroatoms. The third kappa shape index (κ3) is 1.63. The lowest BCUT2D eigenvalue weighted by Crippen LogP contribution is -2.35. The quantitative estimate of drug-likeness (QED) is 0.524. The Hall–Kier alpha value is -0.330. The van der Waals surface area contributed by atoms with Crippen LogP contribution in [0.15, 0.2) is 0 Å². The van der Waals surface area contributed by atoms with Gasteiger partial charge in [-0.2, -0.15) is 0 Å². The Balaban J connectivity index is 2.70. The first-order chi connectivity index (χ1) is 4.93. The number of rotatable bonds is 0. The number of hydrogen-bond donors (Lipinski definition) is 0. The minimum absolute atomic E-state index is 0.293. The Morgan fingerprint density at radius 2 is 1.91 bits per heavy atom. The van der Waals surface area contributed by atoms with Crippen molar-refractivity contribution in [2.45, 2.75) is 40.5 Å². The van der Waals surface area contributed by atoms with E-state index in [1.807, 2.05) is 0 Å². The van der Waals surface area contributed by atoms with Crippen molar-refractivity contribution in [1.82, 2.24) is 0 Å². The van der Waals surface area contributed by atoms with Gasteiger partial charge in [0.2, 0.25) is 0 Å². The predicted molar refractivity (Wildman–Crippen MR) is 46.4 cm³/mol. The van der Waals surface area contributed by atoms with Crippen molar-refractivity contribution >= 4 is 5.78 Å². The molecule has 0 aromatic rings. The zero-order chi connectivity index (χ0) is 8.65. The highest BCUT2D eigenvalue weighted by Gasteiger charge is 2.36. The third-order valence-corrected chi connectivity index (χ3v) is 3.22. The van der Waals surface area contributed by atoms with E-state index in [0.717, 1.165) is 12.8 Å². The fraction of sp³-hybridized carbons (Fsp3) is 0.900. The Morgan fingerprint density at radius 3 is 2.36 bits per heavy atom. The number of Topliss-reactive ketones (excluding diaryl/α,β-unsaturated/α-hetero) is 1. The molecule has 0 heterocycles. The van der Waals surface area contributed by atoms with Gasteiger partial charge in [0.05, 0.1) is 0 Å². The highest BCUT2D eigenvalue weighted by Crippen LogP contribution is 2.40. The van der Waals surface area contributed by atoms with Gasteiger partial charge in [-0.15, -0.1) is 0 Å². The second-order valence-corrected chi connectivity index (χ2v) is 4.67. The molecule has 1 fully saturated rings. The molecule has 1 rings (SSSR count). The molecule has 2 atom stereocenters. The van der Waals surface area contributed by atoms with E-state index in [-0.39, 0.29) is 0 Å². The third-order valence-electron chi connectivity index (χ3n) is 3.22. The molecule has 1 aliphatic carbocycles. The molecule has 0 aromatic carbocycles. The van der Waals surface area contributed by atoms with Crippen LogP contribution in [0.4, 0.5) is 0 Å². The Morgan fingerprint density at radius 1 is 1.36 bits per heavy atom. The largest absolute Gasteiger partial charge is 0.299 e. The van der Waals surface area contributed by atoms with Crippen LogP contribution in [-0.2, 0) is 4.79 Å². The normalized spacial score (nSPS) is 37.3. The zero-order valence-corrected chi connectivity index (χ0v) is 7.98. The van der Waals surface area contributed by atoms with E-state index in [1.54, 1.807) is 0 Å². The average molecular weight is 154 g/mol. The van der Waals surface area contributed by atoms with E-state index in [2.05, 4.69) is 27.7 Å². The summed E-state index contributed by atoms with van der Waals surface area (Å²) >= 11 is 0. The zero-order valence-electron chi connectivity index (χ0n) is 7.98. The van der Waals surface area contributed by atoms with Crippen LogP contribution in [0.25, 0.3) is 0 Å². The van der Waals surface area contributed by atoms with Gasteiger partial charge in [-0.05, 0) is 17.8 Å². The van der Waals surface area contributed by atoms with Gasteiger partial charge in [-0.25, -0.2) is 0 Å². The first-order valence-corrected chi connectivity index (χ1v) is 4.46. The van der Waals surface area contributed by atoms with Gasteiger partial charge in [-0.1, -0.05) is 27.7 Å². The Bertz CT molecular complexity index is 170. The summed E-state index contributed by atoms with van der Waals surface area (Å²) in [5, 5.41) is 0. The lowest BCUT2D eigenvalue weighted by molar-refractivity contribution is -0.128. The molecule has 0 aromatic heterocycles. The second kappa shape index (κ2) is 2.62. The van der Waals surface area contributed by atoms with Crippen LogP contribution in [0.5, 0.6) is 0 Å². The molecule has 0 N–H and O–H groups in total. The van der Waals surface area contributed by atoms with Crippen LogP contribution < -0.4 is 0 Å². The van der Waals surface area contributed by atoms with Crippen molar-refractivity contribution in [3.8, 4) is 0 Å². The summed E-state index contributed by atoms with van der Waals surface area (Å²) in [5.74, 6) is 1.31. The van der Waals surface area contributed by atoms with Crippen LogP contribution in [0.3, 0.4) is 0 Å².